The zero-order chi connectivity index (χ0) is 17.3. The summed E-state index contributed by atoms with van der Waals surface area (Å²) in [6.07, 6.45) is 0. The van der Waals surface area contributed by atoms with E-state index in [4.69, 9.17) is 0 Å². The van der Waals surface area contributed by atoms with Gasteiger partial charge in [-0.3, -0.25) is 4.79 Å². The summed E-state index contributed by atoms with van der Waals surface area (Å²) in [5.74, 6) is -2.60. The van der Waals surface area contributed by atoms with Gasteiger partial charge in [0.25, 0.3) is 5.91 Å². The van der Waals surface area contributed by atoms with E-state index in [0.717, 1.165) is 33.3 Å². The predicted molar refractivity (Wildman–Crippen MR) is 91.3 cm³/mol. The van der Waals surface area contributed by atoms with E-state index in [1.54, 1.807) is 23.5 Å². The first-order chi connectivity index (χ1) is 11.5. The van der Waals surface area contributed by atoms with Gasteiger partial charge in [0.1, 0.15) is 17.2 Å². The molecule has 0 fully saturated rings. The predicted octanol–water partition coefficient (Wildman–Crippen LogP) is 4.96. The quantitative estimate of drug-likeness (QED) is 0.730. The summed E-state index contributed by atoms with van der Waals surface area (Å²) in [4.78, 5) is 17.6. The summed E-state index contributed by atoms with van der Waals surface area (Å²) in [6.45, 7) is 3.94. The number of aromatic nitrogens is 1. The van der Waals surface area contributed by atoms with Crippen LogP contribution < -0.4 is 5.32 Å². The van der Waals surface area contributed by atoms with Gasteiger partial charge in [-0.15, -0.1) is 11.3 Å². The number of thiazole rings is 1. The van der Waals surface area contributed by atoms with Crippen LogP contribution in [0.1, 0.15) is 20.2 Å². The molecule has 0 radical (unpaired) electrons. The van der Waals surface area contributed by atoms with E-state index < -0.39 is 23.1 Å². The summed E-state index contributed by atoms with van der Waals surface area (Å²) in [7, 11) is 0. The average molecular weight is 344 g/mol. The van der Waals surface area contributed by atoms with Gasteiger partial charge in [0.15, 0.2) is 0 Å². The lowest BCUT2D eigenvalue weighted by molar-refractivity contribution is 0.101. The molecule has 0 saturated carbocycles. The van der Waals surface area contributed by atoms with Crippen LogP contribution in [-0.4, -0.2) is 10.9 Å². The molecule has 0 unspecified atom stereocenters. The Morgan fingerprint density at radius 3 is 2.21 bits per heavy atom. The number of nitrogens with one attached hydrogen (secondary N) is 1. The molecule has 2 aromatic carbocycles. The second kappa shape index (κ2) is 6.49. The first-order valence-electron chi connectivity index (χ1n) is 7.25. The van der Waals surface area contributed by atoms with E-state index in [1.807, 2.05) is 26.0 Å². The van der Waals surface area contributed by atoms with E-state index in [1.165, 1.54) is 6.07 Å². The number of halogens is 2. The number of benzene rings is 2. The van der Waals surface area contributed by atoms with Gasteiger partial charge in [-0.1, -0.05) is 18.2 Å². The SMILES string of the molecule is Cc1nc(-c2ccc(NC(=O)c3c(F)cccc3F)cc2)c(C)s1. The fraction of sp³-hybridized carbons (Fsp3) is 0.111. The Morgan fingerprint density at radius 2 is 1.67 bits per heavy atom. The molecule has 0 spiro atoms. The standard InChI is InChI=1S/C18H14F2N2OS/c1-10-17(21-11(2)24-10)12-6-8-13(9-7-12)22-18(23)16-14(19)4-3-5-15(16)20/h3-9H,1-2H3,(H,22,23). The van der Waals surface area contributed by atoms with Crippen molar-refractivity contribution in [2.45, 2.75) is 13.8 Å². The molecule has 0 bridgehead atoms. The lowest BCUT2D eigenvalue weighted by Gasteiger charge is -2.08. The molecule has 0 atom stereocenters. The van der Waals surface area contributed by atoms with Gasteiger partial charge in [-0.05, 0) is 38.1 Å². The van der Waals surface area contributed by atoms with Crippen molar-refractivity contribution in [1.29, 1.82) is 0 Å². The van der Waals surface area contributed by atoms with Gasteiger partial charge in [0, 0.05) is 16.1 Å². The monoisotopic (exact) mass is 344 g/mol. The van der Waals surface area contributed by atoms with Crippen molar-refractivity contribution in [1.82, 2.24) is 4.98 Å². The average Bonchev–Trinajstić information content (AvgIpc) is 2.86. The number of amides is 1. The largest absolute Gasteiger partial charge is 0.322 e. The number of anilines is 1. The van der Waals surface area contributed by atoms with E-state index in [0.29, 0.717) is 5.69 Å². The van der Waals surface area contributed by atoms with Gasteiger partial charge in [0.05, 0.1) is 10.7 Å². The van der Waals surface area contributed by atoms with Crippen LogP contribution >= 0.6 is 11.3 Å². The maximum Gasteiger partial charge on any atom is 0.261 e. The molecular formula is C18H14F2N2OS. The Bertz CT molecular complexity index is 884. The highest BCUT2D eigenvalue weighted by Crippen LogP contribution is 2.28. The van der Waals surface area contributed by atoms with Gasteiger partial charge in [0.2, 0.25) is 0 Å². The van der Waals surface area contributed by atoms with Gasteiger partial charge in [-0.2, -0.15) is 0 Å². The minimum Gasteiger partial charge on any atom is -0.322 e. The zero-order valence-corrected chi connectivity index (χ0v) is 13.9. The molecule has 6 heteroatoms. The Morgan fingerprint density at radius 1 is 1.04 bits per heavy atom. The molecule has 122 valence electrons. The molecule has 1 N–H and O–H groups in total. The highest BCUT2D eigenvalue weighted by molar-refractivity contribution is 7.11. The van der Waals surface area contributed by atoms with Crippen LogP contribution in [0.15, 0.2) is 42.5 Å². The van der Waals surface area contributed by atoms with Crippen molar-refractivity contribution in [2.24, 2.45) is 0 Å². The molecule has 0 saturated heterocycles. The molecule has 1 amide bonds. The summed E-state index contributed by atoms with van der Waals surface area (Å²) < 4.78 is 27.3. The van der Waals surface area contributed by atoms with Crippen LogP contribution in [0.3, 0.4) is 0 Å². The fourth-order valence-electron chi connectivity index (χ4n) is 2.42. The number of nitrogens with zero attached hydrogens (tertiary/aromatic N) is 1. The van der Waals surface area contributed by atoms with Crippen LogP contribution in [0, 0.1) is 25.5 Å². The van der Waals surface area contributed by atoms with E-state index in [9.17, 15) is 13.6 Å². The molecular weight excluding hydrogens is 330 g/mol. The molecule has 3 nitrogen and oxygen atoms in total. The molecule has 0 aliphatic heterocycles. The van der Waals surface area contributed by atoms with Crippen molar-refractivity contribution in [2.75, 3.05) is 5.32 Å². The highest BCUT2D eigenvalue weighted by Gasteiger charge is 2.17. The molecule has 1 aromatic heterocycles. The minimum atomic E-state index is -0.891. The van der Waals surface area contributed by atoms with Gasteiger partial charge < -0.3 is 5.32 Å². The van der Waals surface area contributed by atoms with E-state index in [2.05, 4.69) is 10.3 Å². The Kier molecular flexibility index (Phi) is 4.40. The van der Waals surface area contributed by atoms with Crippen LogP contribution in [0.4, 0.5) is 14.5 Å². The number of carbonyl (C=O) groups excluding carboxylic acids is 1. The van der Waals surface area contributed by atoms with Crippen molar-refractivity contribution in [3.05, 3.63) is 69.5 Å². The number of carbonyl (C=O) groups is 1. The highest BCUT2D eigenvalue weighted by atomic mass is 32.1. The van der Waals surface area contributed by atoms with E-state index in [-0.39, 0.29) is 0 Å². The fourth-order valence-corrected chi connectivity index (χ4v) is 3.26. The lowest BCUT2D eigenvalue weighted by Crippen LogP contribution is -2.15. The van der Waals surface area contributed by atoms with E-state index >= 15 is 0 Å². The molecule has 0 aliphatic carbocycles. The van der Waals surface area contributed by atoms with Crippen LogP contribution in [0.2, 0.25) is 0 Å². The number of hydrogen-bond donors (Lipinski definition) is 1. The molecule has 3 aromatic rings. The van der Waals surface area contributed by atoms with Crippen molar-refractivity contribution in [3.8, 4) is 11.3 Å². The minimum absolute atomic E-state index is 0.455. The zero-order valence-electron chi connectivity index (χ0n) is 13.1. The maximum absolute atomic E-state index is 13.6. The first-order valence-corrected chi connectivity index (χ1v) is 8.07. The normalized spacial score (nSPS) is 10.7. The number of hydrogen-bond acceptors (Lipinski definition) is 3. The molecule has 3 rings (SSSR count). The Balaban J connectivity index is 1.82. The molecule has 1 heterocycles. The summed E-state index contributed by atoms with van der Waals surface area (Å²) in [5.41, 5.74) is 1.69. The maximum atomic E-state index is 13.6. The smallest absolute Gasteiger partial charge is 0.261 e. The second-order valence-corrected chi connectivity index (χ2v) is 6.67. The Labute approximate surface area is 142 Å². The molecule has 0 aliphatic rings. The second-order valence-electron chi connectivity index (χ2n) is 5.27. The van der Waals surface area contributed by atoms with Crippen molar-refractivity contribution >= 4 is 22.9 Å². The third kappa shape index (κ3) is 3.19. The Hall–Kier alpha value is -2.60. The summed E-state index contributed by atoms with van der Waals surface area (Å²) in [5, 5.41) is 3.48. The van der Waals surface area contributed by atoms with Gasteiger partial charge >= 0.3 is 0 Å². The van der Waals surface area contributed by atoms with Crippen molar-refractivity contribution in [3.63, 3.8) is 0 Å². The number of rotatable bonds is 3. The van der Waals surface area contributed by atoms with Gasteiger partial charge in [-0.25, -0.2) is 13.8 Å². The van der Waals surface area contributed by atoms with Crippen molar-refractivity contribution < 1.29 is 13.6 Å². The topological polar surface area (TPSA) is 42.0 Å². The van der Waals surface area contributed by atoms with Crippen LogP contribution in [0.5, 0.6) is 0 Å². The molecule has 24 heavy (non-hydrogen) atoms. The van der Waals surface area contributed by atoms with Crippen LogP contribution in [0.25, 0.3) is 11.3 Å². The lowest BCUT2D eigenvalue weighted by atomic mass is 10.1. The number of aryl methyl sites for hydroxylation is 2. The third-order valence-electron chi connectivity index (χ3n) is 3.51. The summed E-state index contributed by atoms with van der Waals surface area (Å²) in [6, 6.07) is 10.3. The van der Waals surface area contributed by atoms with Crippen LogP contribution in [-0.2, 0) is 0 Å². The third-order valence-corrected chi connectivity index (χ3v) is 4.40. The summed E-state index contributed by atoms with van der Waals surface area (Å²) >= 11 is 1.62. The first kappa shape index (κ1) is 16.3.